The average Bonchev–Trinajstić information content (AvgIpc) is 3.18. The van der Waals surface area contributed by atoms with Crippen LogP contribution in [0.15, 0.2) is 16.7 Å². The largest absolute Gasteiger partial charge is 0.478 e. The van der Waals surface area contributed by atoms with E-state index in [4.69, 9.17) is 15.0 Å². The number of hydrogen-bond donors (Lipinski definition) is 1. The molecule has 2 N–H and O–H groups in total. The summed E-state index contributed by atoms with van der Waals surface area (Å²) < 4.78 is 11.2. The number of pyridine rings is 1. The highest BCUT2D eigenvalue weighted by molar-refractivity contribution is 5.93. The summed E-state index contributed by atoms with van der Waals surface area (Å²) in [6, 6.07) is 4.01. The lowest BCUT2D eigenvalue weighted by atomic mass is 9.84. The van der Waals surface area contributed by atoms with Gasteiger partial charge in [-0.1, -0.05) is 25.9 Å². The van der Waals surface area contributed by atoms with Gasteiger partial charge >= 0.3 is 6.01 Å². The Morgan fingerprint density at radius 3 is 2.59 bits per heavy atom. The van der Waals surface area contributed by atoms with E-state index in [9.17, 15) is 4.79 Å². The minimum Gasteiger partial charge on any atom is -0.478 e. The predicted octanol–water partition coefficient (Wildman–Crippen LogP) is 3.32. The van der Waals surface area contributed by atoms with Gasteiger partial charge in [-0.3, -0.25) is 4.79 Å². The van der Waals surface area contributed by atoms with Crippen LogP contribution in [0, 0.1) is 18.8 Å². The highest BCUT2D eigenvalue weighted by Crippen LogP contribution is 2.29. The Kier molecular flexibility index (Phi) is 6.71. The fraction of sp³-hybridized carbons (Fsp3) is 0.619. The van der Waals surface area contributed by atoms with Crippen molar-refractivity contribution in [3.63, 3.8) is 0 Å². The second kappa shape index (κ2) is 9.24. The fourth-order valence-electron chi connectivity index (χ4n) is 3.71. The summed E-state index contributed by atoms with van der Waals surface area (Å²) in [5.74, 6) is 2.30. The molecule has 1 aliphatic heterocycles. The number of anilines is 1. The molecule has 8 nitrogen and oxygen atoms in total. The molecule has 2 aromatic rings. The van der Waals surface area contributed by atoms with Gasteiger partial charge in [-0.15, -0.1) is 0 Å². The maximum Gasteiger partial charge on any atom is 0.324 e. The average molecular weight is 402 g/mol. The van der Waals surface area contributed by atoms with E-state index in [1.165, 1.54) is 0 Å². The van der Waals surface area contributed by atoms with Gasteiger partial charge in [0.1, 0.15) is 0 Å². The van der Waals surface area contributed by atoms with Gasteiger partial charge in [-0.05, 0) is 44.1 Å². The number of carbonyl (C=O) groups is 1. The van der Waals surface area contributed by atoms with Gasteiger partial charge in [0.15, 0.2) is 5.82 Å². The number of rotatable bonds is 8. The van der Waals surface area contributed by atoms with Gasteiger partial charge in [-0.25, -0.2) is 4.98 Å². The summed E-state index contributed by atoms with van der Waals surface area (Å²) in [6.45, 7) is 10.6. The topological polar surface area (TPSA) is 107 Å². The highest BCUT2D eigenvalue weighted by atomic mass is 16.5. The zero-order chi connectivity index (χ0) is 21.0. The van der Waals surface area contributed by atoms with Gasteiger partial charge < -0.3 is 19.9 Å². The van der Waals surface area contributed by atoms with E-state index in [0.717, 1.165) is 38.2 Å². The van der Waals surface area contributed by atoms with Gasteiger partial charge in [0.05, 0.1) is 17.9 Å². The lowest BCUT2D eigenvalue weighted by Gasteiger charge is -2.33. The molecule has 1 atom stereocenters. The number of amides is 1. The summed E-state index contributed by atoms with van der Waals surface area (Å²) in [5.41, 5.74) is 6.34. The highest BCUT2D eigenvalue weighted by Gasteiger charge is 2.26. The van der Waals surface area contributed by atoms with Gasteiger partial charge in [-0.2, -0.15) is 4.98 Å². The van der Waals surface area contributed by atoms with Gasteiger partial charge in [0, 0.05) is 25.1 Å². The van der Waals surface area contributed by atoms with Crippen LogP contribution in [0.25, 0.3) is 0 Å². The molecule has 1 fully saturated rings. The Balaban J connectivity index is 1.43. The first-order chi connectivity index (χ1) is 13.8. The monoisotopic (exact) mass is 401 g/mol. The molecule has 0 saturated carbocycles. The number of nitrogens with two attached hydrogens (primary N) is 1. The summed E-state index contributed by atoms with van der Waals surface area (Å²) >= 11 is 0. The van der Waals surface area contributed by atoms with Crippen LogP contribution in [0.1, 0.15) is 67.8 Å². The molecule has 158 valence electrons. The van der Waals surface area contributed by atoms with E-state index in [0.29, 0.717) is 41.6 Å². The van der Waals surface area contributed by atoms with Crippen molar-refractivity contribution >= 4 is 11.9 Å². The zero-order valence-electron chi connectivity index (χ0n) is 17.7. The molecule has 2 aromatic heterocycles. The second-order valence-corrected chi connectivity index (χ2v) is 8.18. The lowest BCUT2D eigenvalue weighted by Crippen LogP contribution is -2.36. The third-order valence-corrected chi connectivity index (χ3v) is 5.71. The number of primary amides is 1. The molecular weight excluding hydrogens is 370 g/mol. The summed E-state index contributed by atoms with van der Waals surface area (Å²) in [5, 5.41) is 4.06. The standard InChI is InChI=1S/C21H31N5O3/c1-13(2)20-24-21(29-25-20)26-10-7-16(8-11-26)14(3)9-12-28-18-6-5-17(19(22)27)15(4)23-18/h5-6,13-14,16H,7-12H2,1-4H3,(H2,22,27)/t14-/m0/s1. The number of hydrogen-bond acceptors (Lipinski definition) is 7. The van der Waals surface area contributed by atoms with E-state index in [1.807, 2.05) is 0 Å². The first kappa shape index (κ1) is 21.1. The van der Waals surface area contributed by atoms with Crippen LogP contribution in [-0.4, -0.2) is 40.7 Å². The zero-order valence-corrected chi connectivity index (χ0v) is 17.7. The predicted molar refractivity (Wildman–Crippen MR) is 110 cm³/mol. The Bertz CT molecular complexity index is 827. The van der Waals surface area contributed by atoms with E-state index < -0.39 is 5.91 Å². The van der Waals surface area contributed by atoms with Crippen molar-refractivity contribution in [2.75, 3.05) is 24.6 Å². The van der Waals surface area contributed by atoms with Gasteiger partial charge in [0.2, 0.25) is 5.88 Å². The lowest BCUT2D eigenvalue weighted by molar-refractivity contribution is 0.0999. The number of aromatic nitrogens is 3. The SMILES string of the molecule is Cc1nc(OCC[C@H](C)C2CCN(c3nc(C(C)C)no3)CC2)ccc1C(N)=O. The molecular formula is C21H31N5O3. The molecule has 3 heterocycles. The molecule has 8 heteroatoms. The third kappa shape index (κ3) is 5.25. The number of carbonyl (C=O) groups excluding carboxylic acids is 1. The van der Waals surface area contributed by atoms with Crippen LogP contribution in [0.2, 0.25) is 0 Å². The molecule has 0 aromatic carbocycles. The second-order valence-electron chi connectivity index (χ2n) is 8.18. The van der Waals surface area contributed by atoms with Crippen LogP contribution in [0.4, 0.5) is 6.01 Å². The van der Waals surface area contributed by atoms with Crippen LogP contribution < -0.4 is 15.4 Å². The van der Waals surface area contributed by atoms with Crippen LogP contribution in [-0.2, 0) is 0 Å². The van der Waals surface area contributed by atoms with E-state index in [1.54, 1.807) is 19.1 Å². The molecule has 0 radical (unpaired) electrons. The summed E-state index contributed by atoms with van der Waals surface area (Å²) in [7, 11) is 0. The van der Waals surface area contributed by atoms with Crippen molar-refractivity contribution in [1.82, 2.24) is 15.1 Å². The van der Waals surface area contributed by atoms with E-state index >= 15 is 0 Å². The Hall–Kier alpha value is -2.64. The molecule has 3 rings (SSSR count). The normalized spacial score (nSPS) is 16.2. The Morgan fingerprint density at radius 1 is 1.28 bits per heavy atom. The first-order valence-electron chi connectivity index (χ1n) is 10.3. The van der Waals surface area contributed by atoms with Crippen LogP contribution >= 0.6 is 0 Å². The van der Waals surface area contributed by atoms with Crippen molar-refractivity contribution in [3.8, 4) is 5.88 Å². The molecule has 0 spiro atoms. The third-order valence-electron chi connectivity index (χ3n) is 5.71. The number of piperidine rings is 1. The first-order valence-corrected chi connectivity index (χ1v) is 10.3. The van der Waals surface area contributed by atoms with Gasteiger partial charge in [0.25, 0.3) is 5.91 Å². The van der Waals surface area contributed by atoms with Crippen molar-refractivity contribution in [2.45, 2.75) is 52.9 Å². The van der Waals surface area contributed by atoms with Crippen molar-refractivity contribution in [2.24, 2.45) is 17.6 Å². The van der Waals surface area contributed by atoms with Crippen LogP contribution in [0.3, 0.4) is 0 Å². The maximum atomic E-state index is 11.3. The molecule has 1 aliphatic rings. The minimum atomic E-state index is -0.470. The molecule has 29 heavy (non-hydrogen) atoms. The summed E-state index contributed by atoms with van der Waals surface area (Å²) in [6.07, 6.45) is 3.16. The fourth-order valence-corrected chi connectivity index (χ4v) is 3.71. The number of nitrogens with zero attached hydrogens (tertiary/aromatic N) is 4. The molecule has 0 bridgehead atoms. The van der Waals surface area contributed by atoms with Crippen molar-refractivity contribution in [3.05, 3.63) is 29.2 Å². The summed E-state index contributed by atoms with van der Waals surface area (Å²) in [4.78, 5) is 22.3. The number of aryl methyl sites for hydroxylation is 1. The molecule has 0 unspecified atom stereocenters. The molecule has 1 amide bonds. The molecule has 1 saturated heterocycles. The van der Waals surface area contributed by atoms with Crippen molar-refractivity contribution in [1.29, 1.82) is 0 Å². The Labute approximate surface area is 171 Å². The van der Waals surface area contributed by atoms with Crippen LogP contribution in [0.5, 0.6) is 5.88 Å². The van der Waals surface area contributed by atoms with Crippen molar-refractivity contribution < 1.29 is 14.1 Å². The minimum absolute atomic E-state index is 0.273. The quantitative estimate of drug-likeness (QED) is 0.723. The van der Waals surface area contributed by atoms with E-state index in [-0.39, 0.29) is 5.92 Å². The smallest absolute Gasteiger partial charge is 0.324 e. The maximum absolute atomic E-state index is 11.3. The molecule has 0 aliphatic carbocycles. The Morgan fingerprint density at radius 2 is 2.00 bits per heavy atom. The van der Waals surface area contributed by atoms with E-state index in [2.05, 4.69) is 40.8 Å². The number of ether oxygens (including phenoxy) is 1.